The van der Waals surface area contributed by atoms with E-state index < -0.39 is 5.97 Å². The fourth-order valence-corrected chi connectivity index (χ4v) is 0.610. The molecule has 3 nitrogen and oxygen atoms in total. The van der Waals surface area contributed by atoms with E-state index in [1.54, 1.807) is 19.1 Å². The predicted molar refractivity (Wildman–Crippen MR) is 56.7 cm³/mol. The zero-order valence-electron chi connectivity index (χ0n) is 8.79. The number of unbranched alkanes of at least 4 members (excludes halogenated alkanes) is 2. The van der Waals surface area contributed by atoms with E-state index in [1.807, 2.05) is 0 Å². The fraction of sp³-hybridized carbons (Fsp3) is 0.455. The van der Waals surface area contributed by atoms with Gasteiger partial charge in [0.1, 0.15) is 0 Å². The Bertz CT molecular complexity index is 236. The number of nitriles is 1. The van der Waals surface area contributed by atoms with E-state index >= 15 is 0 Å². The molecule has 0 saturated heterocycles. The van der Waals surface area contributed by atoms with Crippen LogP contribution in [0.3, 0.4) is 0 Å². The molecule has 0 radical (unpaired) electrons. The van der Waals surface area contributed by atoms with Gasteiger partial charge in [-0.3, -0.25) is 0 Å². The number of carboxylic acids is 1. The average Bonchev–Trinajstić information content (AvgIpc) is 2.18. The molecule has 1 N–H and O–H groups in total. The predicted octanol–water partition coefficient (Wildman–Crippen LogP) is 2.90. The maximum atomic E-state index is 10.2. The number of carbonyl (C=O) groups is 1. The fourth-order valence-electron chi connectivity index (χ4n) is 0.610. The molecule has 0 amide bonds. The quantitative estimate of drug-likeness (QED) is 0.426. The summed E-state index contributed by atoms with van der Waals surface area (Å²) in [6.45, 7) is 6.83. The Morgan fingerprint density at radius 3 is 2.43 bits per heavy atom. The van der Waals surface area contributed by atoms with Gasteiger partial charge >= 0.3 is 5.97 Å². The van der Waals surface area contributed by atoms with E-state index in [0.29, 0.717) is 5.57 Å². The molecule has 14 heavy (non-hydrogen) atoms. The zero-order valence-corrected chi connectivity index (χ0v) is 8.79. The summed E-state index contributed by atoms with van der Waals surface area (Å²) in [5.74, 6) is -0.809. The van der Waals surface area contributed by atoms with Crippen molar-refractivity contribution in [3.63, 3.8) is 0 Å². The third kappa shape index (κ3) is 13.1. The van der Waals surface area contributed by atoms with E-state index in [2.05, 4.69) is 13.5 Å². The van der Waals surface area contributed by atoms with Crippen LogP contribution in [0.4, 0.5) is 0 Å². The van der Waals surface area contributed by atoms with Gasteiger partial charge in [0, 0.05) is 11.6 Å². The number of hydrogen-bond donors (Lipinski definition) is 1. The second-order valence-corrected chi connectivity index (χ2v) is 2.67. The van der Waals surface area contributed by atoms with Crippen LogP contribution in [-0.2, 0) is 4.79 Å². The van der Waals surface area contributed by atoms with Crippen molar-refractivity contribution in [3.8, 4) is 6.07 Å². The molecular formula is C11H17NO2. The van der Waals surface area contributed by atoms with Crippen molar-refractivity contribution in [2.75, 3.05) is 0 Å². The van der Waals surface area contributed by atoms with Crippen LogP contribution in [-0.4, -0.2) is 11.1 Å². The second-order valence-electron chi connectivity index (χ2n) is 2.67. The van der Waals surface area contributed by atoms with Gasteiger partial charge in [0.15, 0.2) is 0 Å². The number of allylic oxidation sites excluding steroid dienone is 2. The van der Waals surface area contributed by atoms with Gasteiger partial charge in [0.2, 0.25) is 0 Å². The van der Waals surface area contributed by atoms with Gasteiger partial charge in [-0.25, -0.2) is 4.79 Å². The molecule has 0 aliphatic heterocycles. The summed E-state index contributed by atoms with van der Waals surface area (Å²) < 4.78 is 0. The molecule has 0 aliphatic carbocycles. The van der Waals surface area contributed by atoms with Crippen LogP contribution in [0.2, 0.25) is 0 Å². The minimum Gasteiger partial charge on any atom is -0.478 e. The molecule has 0 aromatic rings. The molecule has 0 bridgehead atoms. The normalized spacial score (nSPS) is 9.36. The summed E-state index contributed by atoms with van der Waals surface area (Å²) in [6.07, 6.45) is 6.02. The number of carboxylic acid groups (broad SMARTS) is 1. The Labute approximate surface area is 85.4 Å². The number of aliphatic carboxylic acids is 1. The van der Waals surface area contributed by atoms with Crippen molar-refractivity contribution in [3.05, 3.63) is 24.3 Å². The highest BCUT2D eigenvalue weighted by molar-refractivity contribution is 5.85. The third-order valence-electron chi connectivity index (χ3n) is 1.44. The molecule has 0 aromatic carbocycles. The first-order chi connectivity index (χ1) is 6.59. The molecular weight excluding hydrogens is 178 g/mol. The largest absolute Gasteiger partial charge is 0.478 e. The monoisotopic (exact) mass is 195 g/mol. The van der Waals surface area contributed by atoms with Crippen molar-refractivity contribution in [1.29, 1.82) is 5.26 Å². The van der Waals surface area contributed by atoms with Crippen LogP contribution >= 0.6 is 0 Å². The Balaban J connectivity index is 0. The molecule has 0 rings (SSSR count). The van der Waals surface area contributed by atoms with Crippen LogP contribution in [0.5, 0.6) is 0 Å². The smallest absolute Gasteiger partial charge is 0.330 e. The maximum absolute atomic E-state index is 10.2. The summed E-state index contributed by atoms with van der Waals surface area (Å²) in [6, 6.07) is 1.69. The van der Waals surface area contributed by atoms with Crippen LogP contribution in [0.25, 0.3) is 0 Å². The number of rotatable bonds is 4. The van der Waals surface area contributed by atoms with Gasteiger partial charge in [-0.2, -0.15) is 5.26 Å². The Hall–Kier alpha value is -1.56. The van der Waals surface area contributed by atoms with Crippen molar-refractivity contribution in [1.82, 2.24) is 0 Å². The molecule has 0 unspecified atom stereocenters. The van der Waals surface area contributed by atoms with Gasteiger partial charge in [-0.15, -0.1) is 0 Å². The van der Waals surface area contributed by atoms with Crippen LogP contribution < -0.4 is 0 Å². The Kier molecular flexibility index (Phi) is 12.2. The minimum atomic E-state index is -0.809. The highest BCUT2D eigenvalue weighted by Gasteiger charge is 1.96. The van der Waals surface area contributed by atoms with Gasteiger partial charge in [0.05, 0.1) is 6.07 Å². The van der Waals surface area contributed by atoms with Gasteiger partial charge in [-0.05, 0) is 13.3 Å². The lowest BCUT2D eigenvalue weighted by Crippen LogP contribution is -1.95. The zero-order chi connectivity index (χ0) is 11.4. The minimum absolute atomic E-state index is 0.452. The number of nitrogens with zero attached hydrogens (tertiary/aromatic N) is 1. The van der Waals surface area contributed by atoms with E-state index in [-0.39, 0.29) is 0 Å². The highest BCUT2D eigenvalue weighted by atomic mass is 16.4. The third-order valence-corrected chi connectivity index (χ3v) is 1.44. The lowest BCUT2D eigenvalue weighted by Gasteiger charge is -1.91. The molecule has 3 heteroatoms. The summed E-state index contributed by atoms with van der Waals surface area (Å²) in [5, 5.41) is 15.9. The molecule has 0 aliphatic rings. The summed E-state index contributed by atoms with van der Waals surface area (Å²) in [4.78, 5) is 10.2. The van der Waals surface area contributed by atoms with E-state index in [4.69, 9.17) is 10.4 Å². The SMILES string of the molecule is C=CC#N.CCCCC=C(C)C(=O)O. The molecule has 0 spiro atoms. The van der Waals surface area contributed by atoms with E-state index in [0.717, 1.165) is 19.3 Å². The molecule has 0 heterocycles. The molecule has 0 aromatic heterocycles. The van der Waals surface area contributed by atoms with Crippen molar-refractivity contribution >= 4 is 5.97 Å². The Morgan fingerprint density at radius 2 is 2.14 bits per heavy atom. The summed E-state index contributed by atoms with van der Waals surface area (Å²) in [7, 11) is 0. The van der Waals surface area contributed by atoms with Gasteiger partial charge < -0.3 is 5.11 Å². The lowest BCUT2D eigenvalue weighted by molar-refractivity contribution is -0.132. The maximum Gasteiger partial charge on any atom is 0.330 e. The average molecular weight is 195 g/mol. The summed E-state index contributed by atoms with van der Waals surface area (Å²) >= 11 is 0. The lowest BCUT2D eigenvalue weighted by atomic mass is 10.2. The molecule has 0 saturated carbocycles. The Morgan fingerprint density at radius 1 is 1.64 bits per heavy atom. The first-order valence-corrected chi connectivity index (χ1v) is 4.50. The highest BCUT2D eigenvalue weighted by Crippen LogP contribution is 2.00. The van der Waals surface area contributed by atoms with Crippen molar-refractivity contribution < 1.29 is 9.90 Å². The van der Waals surface area contributed by atoms with E-state index in [9.17, 15) is 4.79 Å². The molecule has 0 atom stereocenters. The van der Waals surface area contributed by atoms with Crippen molar-refractivity contribution in [2.45, 2.75) is 33.1 Å². The van der Waals surface area contributed by atoms with Crippen LogP contribution in [0.15, 0.2) is 24.3 Å². The standard InChI is InChI=1S/C8H14O2.C3H3N/c1-3-4-5-6-7(2)8(9)10;1-2-3-4/h6H,3-5H2,1-2H3,(H,9,10);2H,1H2. The van der Waals surface area contributed by atoms with Gasteiger partial charge in [-0.1, -0.05) is 32.4 Å². The molecule has 0 fully saturated rings. The molecule has 78 valence electrons. The van der Waals surface area contributed by atoms with Crippen molar-refractivity contribution in [2.24, 2.45) is 0 Å². The first kappa shape index (κ1) is 14.9. The topological polar surface area (TPSA) is 61.1 Å². The first-order valence-electron chi connectivity index (χ1n) is 4.50. The second kappa shape index (κ2) is 11.4. The van der Waals surface area contributed by atoms with Crippen LogP contribution in [0, 0.1) is 11.3 Å². The summed E-state index contributed by atoms with van der Waals surface area (Å²) in [5.41, 5.74) is 0.452. The van der Waals surface area contributed by atoms with Gasteiger partial charge in [0.25, 0.3) is 0 Å². The number of hydrogen-bond acceptors (Lipinski definition) is 2. The van der Waals surface area contributed by atoms with E-state index in [1.165, 1.54) is 6.08 Å². The van der Waals surface area contributed by atoms with Crippen LogP contribution in [0.1, 0.15) is 33.1 Å².